The minimum absolute atomic E-state index is 0.0536. The Hall–Kier alpha value is -2.03. The summed E-state index contributed by atoms with van der Waals surface area (Å²) >= 11 is 0. The Morgan fingerprint density at radius 3 is 2.78 bits per heavy atom. The molecule has 4 rings (SSSR count). The molecule has 3 aliphatic rings. The molecular formula is C19H24FN3O4. The summed E-state index contributed by atoms with van der Waals surface area (Å²) in [6.45, 7) is 4.57. The maximum absolute atomic E-state index is 13.6. The van der Waals surface area contributed by atoms with E-state index in [0.29, 0.717) is 51.5 Å². The monoisotopic (exact) mass is 377 g/mol. The number of hydrogen-bond donors (Lipinski definition) is 0. The molecule has 3 fully saturated rings. The van der Waals surface area contributed by atoms with Crippen molar-refractivity contribution in [1.82, 2.24) is 9.80 Å². The van der Waals surface area contributed by atoms with E-state index in [4.69, 9.17) is 9.47 Å². The second kappa shape index (κ2) is 7.53. The number of morpholine rings is 2. The summed E-state index contributed by atoms with van der Waals surface area (Å²) in [5.74, 6) is -0.495. The molecule has 0 aliphatic carbocycles. The van der Waals surface area contributed by atoms with E-state index in [2.05, 4.69) is 4.90 Å². The Bertz CT molecular complexity index is 725. The lowest BCUT2D eigenvalue weighted by Gasteiger charge is -2.40. The predicted octanol–water partition coefficient (Wildman–Crippen LogP) is 0.492. The van der Waals surface area contributed by atoms with Crippen molar-refractivity contribution in [3.05, 3.63) is 30.1 Å². The minimum atomic E-state index is -0.582. The van der Waals surface area contributed by atoms with Crippen LogP contribution < -0.4 is 4.90 Å². The number of halogens is 1. The van der Waals surface area contributed by atoms with Crippen LogP contribution in [-0.4, -0.2) is 86.3 Å². The summed E-state index contributed by atoms with van der Waals surface area (Å²) in [4.78, 5) is 30.4. The highest BCUT2D eigenvalue weighted by atomic mass is 19.1. The van der Waals surface area contributed by atoms with Crippen molar-refractivity contribution < 1.29 is 23.5 Å². The molecule has 1 atom stereocenters. The first-order valence-electron chi connectivity index (χ1n) is 9.32. The molecule has 3 aliphatic heterocycles. The standard InChI is InChI=1S/C19H24FN3O4/c20-15-2-1-3-16(10-15)23-14-19(27-12-18(23)25)4-5-22(13-19)17(24)11-21-6-8-26-9-7-21/h1-3,10H,4-9,11-14H2. The maximum Gasteiger partial charge on any atom is 0.253 e. The lowest BCUT2D eigenvalue weighted by molar-refractivity contribution is -0.140. The van der Waals surface area contributed by atoms with E-state index in [9.17, 15) is 14.0 Å². The molecule has 2 amide bonds. The fourth-order valence-electron chi connectivity index (χ4n) is 3.95. The number of anilines is 1. The largest absolute Gasteiger partial charge is 0.379 e. The molecule has 0 bridgehead atoms. The van der Waals surface area contributed by atoms with E-state index in [1.54, 1.807) is 17.0 Å². The Balaban J connectivity index is 1.41. The molecule has 3 heterocycles. The van der Waals surface area contributed by atoms with Gasteiger partial charge < -0.3 is 19.3 Å². The molecule has 0 radical (unpaired) electrons. The number of carbonyl (C=O) groups is 2. The van der Waals surface area contributed by atoms with Crippen molar-refractivity contribution in [3.63, 3.8) is 0 Å². The summed E-state index contributed by atoms with van der Waals surface area (Å²) in [5.41, 5.74) is -0.0540. The van der Waals surface area contributed by atoms with Gasteiger partial charge in [-0.15, -0.1) is 0 Å². The highest BCUT2D eigenvalue weighted by Gasteiger charge is 2.46. The maximum atomic E-state index is 13.6. The summed E-state index contributed by atoms with van der Waals surface area (Å²) in [6.07, 6.45) is 0.668. The van der Waals surface area contributed by atoms with Gasteiger partial charge in [0, 0.05) is 25.3 Å². The molecule has 1 aromatic rings. The summed E-state index contributed by atoms with van der Waals surface area (Å²) in [7, 11) is 0. The van der Waals surface area contributed by atoms with Crippen LogP contribution in [0.5, 0.6) is 0 Å². The molecule has 1 unspecified atom stereocenters. The van der Waals surface area contributed by atoms with Crippen LogP contribution in [0.25, 0.3) is 0 Å². The number of benzene rings is 1. The first-order chi connectivity index (χ1) is 13.0. The van der Waals surface area contributed by atoms with Gasteiger partial charge >= 0.3 is 0 Å². The number of rotatable bonds is 3. The van der Waals surface area contributed by atoms with Crippen LogP contribution in [0.3, 0.4) is 0 Å². The molecule has 1 spiro atoms. The van der Waals surface area contributed by atoms with Crippen molar-refractivity contribution >= 4 is 17.5 Å². The van der Waals surface area contributed by atoms with E-state index < -0.39 is 5.60 Å². The first-order valence-corrected chi connectivity index (χ1v) is 9.32. The van der Waals surface area contributed by atoms with Gasteiger partial charge in [0.2, 0.25) is 5.91 Å². The van der Waals surface area contributed by atoms with Gasteiger partial charge in [-0.25, -0.2) is 4.39 Å². The average Bonchev–Trinajstić information content (AvgIpc) is 3.09. The smallest absolute Gasteiger partial charge is 0.253 e. The van der Waals surface area contributed by atoms with E-state index in [1.807, 2.05) is 4.90 Å². The molecule has 0 aromatic heterocycles. The Morgan fingerprint density at radius 1 is 1.19 bits per heavy atom. The van der Waals surface area contributed by atoms with Crippen LogP contribution >= 0.6 is 0 Å². The van der Waals surface area contributed by atoms with E-state index in [0.717, 1.165) is 13.1 Å². The van der Waals surface area contributed by atoms with Gasteiger partial charge in [0.05, 0.1) is 32.8 Å². The van der Waals surface area contributed by atoms with Gasteiger partial charge in [-0.3, -0.25) is 14.5 Å². The fraction of sp³-hybridized carbons (Fsp3) is 0.579. The number of ether oxygens (including phenoxy) is 2. The van der Waals surface area contributed by atoms with Crippen LogP contribution in [0, 0.1) is 5.82 Å². The normalized spacial score (nSPS) is 26.8. The van der Waals surface area contributed by atoms with Crippen molar-refractivity contribution in [2.45, 2.75) is 12.0 Å². The minimum Gasteiger partial charge on any atom is -0.379 e. The Kier molecular flexibility index (Phi) is 5.12. The van der Waals surface area contributed by atoms with Crippen LogP contribution in [0.2, 0.25) is 0 Å². The second-order valence-electron chi connectivity index (χ2n) is 7.39. The Labute approximate surface area is 157 Å². The SMILES string of the molecule is O=C(CN1CCOCC1)N1CCC2(C1)CN(c1cccc(F)c1)C(=O)CO2. The molecule has 8 heteroatoms. The molecule has 1 aromatic carbocycles. The van der Waals surface area contributed by atoms with Gasteiger partial charge in [0.1, 0.15) is 18.0 Å². The molecule has 146 valence electrons. The van der Waals surface area contributed by atoms with E-state index in [1.165, 1.54) is 12.1 Å². The van der Waals surface area contributed by atoms with E-state index >= 15 is 0 Å². The van der Waals surface area contributed by atoms with Crippen LogP contribution in [-0.2, 0) is 19.1 Å². The van der Waals surface area contributed by atoms with Gasteiger partial charge in [-0.2, -0.15) is 0 Å². The van der Waals surface area contributed by atoms with Gasteiger partial charge in [0.25, 0.3) is 5.91 Å². The zero-order chi connectivity index (χ0) is 18.9. The summed E-state index contributed by atoms with van der Waals surface area (Å²) < 4.78 is 24.8. The van der Waals surface area contributed by atoms with Gasteiger partial charge in [-0.05, 0) is 24.6 Å². The molecule has 3 saturated heterocycles. The zero-order valence-electron chi connectivity index (χ0n) is 15.2. The first kappa shape index (κ1) is 18.3. The van der Waals surface area contributed by atoms with Crippen molar-refractivity contribution in [2.24, 2.45) is 0 Å². The third-order valence-corrected chi connectivity index (χ3v) is 5.50. The molecule has 0 saturated carbocycles. The summed E-state index contributed by atoms with van der Waals surface area (Å²) in [6, 6.07) is 6.02. The quantitative estimate of drug-likeness (QED) is 0.767. The lowest BCUT2D eigenvalue weighted by Crippen LogP contribution is -2.56. The molecular weight excluding hydrogens is 353 g/mol. The highest BCUT2D eigenvalue weighted by Crippen LogP contribution is 2.32. The average molecular weight is 377 g/mol. The zero-order valence-corrected chi connectivity index (χ0v) is 15.2. The predicted molar refractivity (Wildman–Crippen MR) is 95.9 cm³/mol. The van der Waals surface area contributed by atoms with Crippen molar-refractivity contribution in [3.8, 4) is 0 Å². The Morgan fingerprint density at radius 2 is 2.00 bits per heavy atom. The third kappa shape index (κ3) is 3.97. The molecule has 0 N–H and O–H groups in total. The van der Waals surface area contributed by atoms with E-state index in [-0.39, 0.29) is 24.2 Å². The topological polar surface area (TPSA) is 62.3 Å². The third-order valence-electron chi connectivity index (χ3n) is 5.50. The fourth-order valence-corrected chi connectivity index (χ4v) is 3.95. The van der Waals surface area contributed by atoms with Crippen LogP contribution in [0.15, 0.2) is 24.3 Å². The number of likely N-dealkylation sites (tertiary alicyclic amines) is 1. The molecule has 27 heavy (non-hydrogen) atoms. The molecule has 7 nitrogen and oxygen atoms in total. The highest BCUT2D eigenvalue weighted by molar-refractivity contribution is 5.95. The van der Waals surface area contributed by atoms with Crippen LogP contribution in [0.4, 0.5) is 10.1 Å². The number of nitrogens with zero attached hydrogens (tertiary/aromatic N) is 3. The lowest BCUT2D eigenvalue weighted by atomic mass is 10.00. The van der Waals surface area contributed by atoms with Gasteiger partial charge in [0.15, 0.2) is 0 Å². The summed E-state index contributed by atoms with van der Waals surface area (Å²) in [5, 5.41) is 0. The van der Waals surface area contributed by atoms with Gasteiger partial charge in [-0.1, -0.05) is 6.07 Å². The number of amides is 2. The second-order valence-corrected chi connectivity index (χ2v) is 7.39. The van der Waals surface area contributed by atoms with Crippen LogP contribution in [0.1, 0.15) is 6.42 Å². The number of hydrogen-bond acceptors (Lipinski definition) is 5. The van der Waals surface area contributed by atoms with Crippen molar-refractivity contribution in [1.29, 1.82) is 0 Å². The van der Waals surface area contributed by atoms with Crippen molar-refractivity contribution in [2.75, 3.05) is 64.0 Å². The number of carbonyl (C=O) groups excluding carboxylic acids is 2.